The van der Waals surface area contributed by atoms with Gasteiger partial charge in [-0.25, -0.2) is 0 Å². The number of nitrogens with one attached hydrogen (secondary N) is 1. The smallest absolute Gasteiger partial charge is 0.305 e. The van der Waals surface area contributed by atoms with Gasteiger partial charge in [0.1, 0.15) is 0 Å². The van der Waals surface area contributed by atoms with Crippen LogP contribution in [0.3, 0.4) is 0 Å². The molecule has 0 saturated carbocycles. The lowest BCUT2D eigenvalue weighted by Crippen LogP contribution is -2.45. The van der Waals surface area contributed by atoms with E-state index in [-0.39, 0.29) is 18.5 Å². The number of carbonyl (C=O) groups is 2. The second kappa shape index (κ2) is 74.8. The predicted molar refractivity (Wildman–Crippen MR) is 375 cm³/mol. The highest BCUT2D eigenvalue weighted by atomic mass is 16.5. The average Bonchev–Trinajstić information content (AvgIpc) is 3.52. The maximum Gasteiger partial charge on any atom is 0.305 e. The van der Waals surface area contributed by atoms with Gasteiger partial charge in [0.05, 0.1) is 25.4 Å². The van der Waals surface area contributed by atoms with Crippen molar-refractivity contribution >= 4 is 11.9 Å². The molecule has 2 unspecified atom stereocenters. The third kappa shape index (κ3) is 71.3. The first-order chi connectivity index (χ1) is 42.0. The minimum atomic E-state index is -0.840. The van der Waals surface area contributed by atoms with Crippen molar-refractivity contribution < 1.29 is 24.5 Å². The second-order valence-corrected chi connectivity index (χ2v) is 27.0. The fourth-order valence-corrected chi connectivity index (χ4v) is 12.5. The number of aliphatic hydroxyl groups excluding tert-OH is 2. The van der Waals surface area contributed by atoms with Crippen LogP contribution in [0.15, 0.2) is 24.3 Å². The van der Waals surface area contributed by atoms with Gasteiger partial charge < -0.3 is 20.3 Å². The Bertz CT molecular complexity index is 1330. The van der Waals surface area contributed by atoms with Gasteiger partial charge in [-0.3, -0.25) is 9.59 Å². The van der Waals surface area contributed by atoms with Crippen LogP contribution < -0.4 is 5.32 Å². The molecule has 0 aliphatic rings. The lowest BCUT2D eigenvalue weighted by molar-refractivity contribution is -0.143. The topological polar surface area (TPSA) is 95.9 Å². The van der Waals surface area contributed by atoms with E-state index < -0.39 is 12.1 Å². The second-order valence-electron chi connectivity index (χ2n) is 27.0. The van der Waals surface area contributed by atoms with E-state index >= 15 is 0 Å². The monoisotopic (exact) mass is 1200 g/mol. The number of aliphatic hydroxyl groups is 2. The summed E-state index contributed by atoms with van der Waals surface area (Å²) in [5.74, 6) is -0.0393. The molecule has 0 rings (SSSR count). The number of hydrogen-bond acceptors (Lipinski definition) is 5. The van der Waals surface area contributed by atoms with Crippen LogP contribution in [0.4, 0.5) is 0 Å². The van der Waals surface area contributed by atoms with Crippen molar-refractivity contribution in [2.24, 2.45) is 0 Å². The first-order valence-electron chi connectivity index (χ1n) is 39.1. The van der Waals surface area contributed by atoms with Crippen LogP contribution in [0, 0.1) is 0 Å². The van der Waals surface area contributed by atoms with Gasteiger partial charge in [0, 0.05) is 12.8 Å². The lowest BCUT2D eigenvalue weighted by atomic mass is 10.0. The van der Waals surface area contributed by atoms with E-state index in [0.29, 0.717) is 19.4 Å². The third-order valence-corrected chi connectivity index (χ3v) is 18.5. The largest absolute Gasteiger partial charge is 0.466 e. The fraction of sp³-hybridized carbons (Fsp3) is 0.924. The van der Waals surface area contributed by atoms with Crippen molar-refractivity contribution in [3.8, 4) is 0 Å². The molecule has 85 heavy (non-hydrogen) atoms. The summed E-state index contributed by atoms with van der Waals surface area (Å²) in [6, 6.07) is -0.623. The van der Waals surface area contributed by atoms with Crippen LogP contribution in [-0.4, -0.2) is 47.4 Å². The number of carbonyl (C=O) groups excluding carboxylic acids is 2. The number of unbranched alkanes of at least 4 members (excludes halogenated alkanes) is 61. The van der Waals surface area contributed by atoms with Crippen molar-refractivity contribution in [2.45, 2.75) is 456 Å². The Morgan fingerprint density at radius 1 is 0.318 bits per heavy atom. The van der Waals surface area contributed by atoms with Gasteiger partial charge in [-0.2, -0.15) is 0 Å². The standard InChI is InChI=1S/C79H153NO5/c1-3-5-7-9-11-13-15-17-19-20-41-45-49-53-57-61-65-69-73-79(84)85-74-70-66-62-58-54-50-46-42-39-37-35-33-31-29-27-25-23-21-22-24-26-28-30-32-34-36-38-40-44-48-52-56-60-64-68-72-78(83)80-76(75-81)77(82)71-67-63-59-55-51-47-43-18-16-14-12-10-8-6-4-2/h19-20,67,71,76-77,81-82H,3-18,21-66,68-70,72-75H2,1-2H3,(H,80,83)/b20-19-,71-67+. The molecule has 0 radical (unpaired) electrons. The molecule has 0 fully saturated rings. The van der Waals surface area contributed by atoms with Gasteiger partial charge in [0.2, 0.25) is 5.91 Å². The number of esters is 1. The van der Waals surface area contributed by atoms with E-state index in [2.05, 4.69) is 31.3 Å². The van der Waals surface area contributed by atoms with Gasteiger partial charge in [-0.05, 0) is 57.8 Å². The first kappa shape index (κ1) is 83.3. The van der Waals surface area contributed by atoms with Gasteiger partial charge in [-0.15, -0.1) is 0 Å². The highest BCUT2D eigenvalue weighted by molar-refractivity contribution is 5.76. The van der Waals surface area contributed by atoms with Crippen LogP contribution in [0.1, 0.15) is 444 Å². The zero-order chi connectivity index (χ0) is 61.3. The average molecular weight is 1200 g/mol. The Morgan fingerprint density at radius 3 is 0.835 bits per heavy atom. The summed E-state index contributed by atoms with van der Waals surface area (Å²) in [5.41, 5.74) is 0. The normalized spacial score (nSPS) is 12.6. The quantitative estimate of drug-likeness (QED) is 0.0320. The van der Waals surface area contributed by atoms with Crippen molar-refractivity contribution in [3.05, 3.63) is 24.3 Å². The maximum absolute atomic E-state index is 12.5. The molecule has 2 atom stereocenters. The van der Waals surface area contributed by atoms with Gasteiger partial charge in [-0.1, -0.05) is 398 Å². The highest BCUT2D eigenvalue weighted by Crippen LogP contribution is 2.20. The number of amides is 1. The fourth-order valence-electron chi connectivity index (χ4n) is 12.5. The van der Waals surface area contributed by atoms with Crippen LogP contribution >= 0.6 is 0 Å². The molecule has 6 nitrogen and oxygen atoms in total. The van der Waals surface area contributed by atoms with Crippen molar-refractivity contribution in [1.82, 2.24) is 5.32 Å². The van der Waals surface area contributed by atoms with Crippen molar-refractivity contribution in [1.29, 1.82) is 0 Å². The summed E-state index contributed by atoms with van der Waals surface area (Å²) < 4.78 is 5.51. The first-order valence-corrected chi connectivity index (χ1v) is 39.1. The third-order valence-electron chi connectivity index (χ3n) is 18.5. The van der Waals surface area contributed by atoms with Crippen LogP contribution in [0.2, 0.25) is 0 Å². The molecule has 0 saturated heterocycles. The molecule has 0 aromatic carbocycles. The molecule has 0 aromatic rings. The van der Waals surface area contributed by atoms with Crippen LogP contribution in [-0.2, 0) is 14.3 Å². The van der Waals surface area contributed by atoms with E-state index in [9.17, 15) is 19.8 Å². The Hall–Kier alpha value is -1.66. The van der Waals surface area contributed by atoms with Gasteiger partial charge in [0.25, 0.3) is 0 Å². The number of hydrogen-bond donors (Lipinski definition) is 3. The molecule has 0 aliphatic heterocycles. The Morgan fingerprint density at radius 2 is 0.553 bits per heavy atom. The summed E-state index contributed by atoms with van der Waals surface area (Å²) in [6.07, 6.45) is 95.9. The molecular weight excluding hydrogens is 1040 g/mol. The molecule has 1 amide bonds. The molecular formula is C79H153NO5. The van der Waals surface area contributed by atoms with Crippen LogP contribution in [0.5, 0.6) is 0 Å². The Balaban J connectivity index is 3.30. The molecule has 6 heteroatoms. The SMILES string of the molecule is CCCCCCCCC/C=C\CCCCCCCCCC(=O)OCCCCCCCCCCCCCCCCCCCCCCCCCCCCCCCCCCCCCC(=O)NC(CO)C(O)/C=C/CCCCCCCCCCCCCCC. The Kier molecular flexibility index (Phi) is 73.3. The summed E-state index contributed by atoms with van der Waals surface area (Å²) in [7, 11) is 0. The summed E-state index contributed by atoms with van der Waals surface area (Å²) in [6.45, 7) is 4.94. The zero-order valence-electron chi connectivity index (χ0n) is 57.9. The number of ether oxygens (including phenoxy) is 1. The van der Waals surface area contributed by atoms with Crippen LogP contribution in [0.25, 0.3) is 0 Å². The molecule has 0 spiro atoms. The number of allylic oxidation sites excluding steroid dienone is 3. The van der Waals surface area contributed by atoms with E-state index in [1.54, 1.807) is 6.08 Å². The highest BCUT2D eigenvalue weighted by Gasteiger charge is 2.18. The molecule has 0 aromatic heterocycles. The molecule has 0 heterocycles. The van der Waals surface area contributed by atoms with Gasteiger partial charge in [0.15, 0.2) is 0 Å². The summed E-state index contributed by atoms with van der Waals surface area (Å²) in [4.78, 5) is 24.6. The molecule has 504 valence electrons. The molecule has 0 aliphatic carbocycles. The zero-order valence-corrected chi connectivity index (χ0v) is 57.9. The van der Waals surface area contributed by atoms with E-state index in [1.165, 1.54) is 379 Å². The molecule has 3 N–H and O–H groups in total. The Labute approximate surface area is 532 Å². The summed E-state index contributed by atoms with van der Waals surface area (Å²) >= 11 is 0. The summed E-state index contributed by atoms with van der Waals surface area (Å²) in [5, 5.41) is 23.2. The number of rotatable bonds is 74. The lowest BCUT2D eigenvalue weighted by Gasteiger charge is -2.20. The van der Waals surface area contributed by atoms with Crippen molar-refractivity contribution in [3.63, 3.8) is 0 Å². The minimum absolute atomic E-state index is 0.0204. The maximum atomic E-state index is 12.5. The molecule has 0 bridgehead atoms. The van der Waals surface area contributed by atoms with Gasteiger partial charge >= 0.3 is 5.97 Å². The predicted octanol–water partition coefficient (Wildman–Crippen LogP) is 25.7. The minimum Gasteiger partial charge on any atom is -0.466 e. The van der Waals surface area contributed by atoms with E-state index in [0.717, 1.165) is 38.5 Å². The van der Waals surface area contributed by atoms with E-state index in [4.69, 9.17) is 4.74 Å². The van der Waals surface area contributed by atoms with E-state index in [1.807, 2.05) is 6.08 Å². The van der Waals surface area contributed by atoms with Crippen molar-refractivity contribution in [2.75, 3.05) is 13.2 Å².